The van der Waals surface area contributed by atoms with Crippen LogP contribution in [0, 0.1) is 0 Å². The molecule has 0 radical (unpaired) electrons. The van der Waals surface area contributed by atoms with E-state index in [1.165, 1.54) is 11.3 Å². The van der Waals surface area contributed by atoms with E-state index in [-0.39, 0.29) is 24.0 Å². The molecule has 1 N–H and O–H groups in total. The Morgan fingerprint density at radius 2 is 2.00 bits per heavy atom. The Bertz CT molecular complexity index is 514. The molecular weight excluding hydrogens is 274 g/mol. The third-order valence-electron chi connectivity index (χ3n) is 3.13. The first-order valence-corrected chi connectivity index (χ1v) is 7.82. The van der Waals surface area contributed by atoms with Crippen LogP contribution in [0.15, 0.2) is 5.38 Å². The Balaban J connectivity index is 1.92. The number of esters is 1. The topological polar surface area (TPSA) is 55.4 Å². The van der Waals surface area contributed by atoms with Crippen molar-refractivity contribution in [1.82, 2.24) is 5.32 Å². The van der Waals surface area contributed by atoms with Crippen molar-refractivity contribution in [2.24, 2.45) is 0 Å². The van der Waals surface area contributed by atoms with Crippen molar-refractivity contribution in [3.63, 3.8) is 0 Å². The summed E-state index contributed by atoms with van der Waals surface area (Å²) in [5, 5.41) is 4.63. The van der Waals surface area contributed by atoms with Crippen molar-refractivity contribution in [3.8, 4) is 0 Å². The number of fused-ring (bicyclic) bond motifs is 1. The second-order valence-electron chi connectivity index (χ2n) is 6.13. The van der Waals surface area contributed by atoms with Gasteiger partial charge in [0.15, 0.2) is 6.61 Å². The van der Waals surface area contributed by atoms with Crippen LogP contribution < -0.4 is 5.32 Å². The van der Waals surface area contributed by atoms with Gasteiger partial charge < -0.3 is 10.1 Å². The zero-order valence-corrected chi connectivity index (χ0v) is 13.1. The van der Waals surface area contributed by atoms with E-state index in [0.717, 1.165) is 24.8 Å². The molecule has 0 saturated carbocycles. The molecule has 0 aliphatic heterocycles. The molecule has 1 aromatic heterocycles. The van der Waals surface area contributed by atoms with Crippen LogP contribution in [0.5, 0.6) is 0 Å². The molecule has 0 unspecified atom stereocenters. The first-order valence-electron chi connectivity index (χ1n) is 6.94. The molecule has 1 aliphatic rings. The van der Waals surface area contributed by atoms with Gasteiger partial charge in [0.25, 0.3) is 5.91 Å². The molecule has 1 amide bonds. The molecule has 0 fully saturated rings. The summed E-state index contributed by atoms with van der Waals surface area (Å²) in [6.07, 6.45) is 4.31. The van der Waals surface area contributed by atoms with Gasteiger partial charge in [-0.25, -0.2) is 4.79 Å². The lowest BCUT2D eigenvalue weighted by molar-refractivity contribution is -0.125. The summed E-state index contributed by atoms with van der Waals surface area (Å²) in [4.78, 5) is 25.0. The smallest absolute Gasteiger partial charge is 0.339 e. The Morgan fingerprint density at radius 3 is 2.70 bits per heavy atom. The van der Waals surface area contributed by atoms with Crippen LogP contribution in [0.3, 0.4) is 0 Å². The summed E-state index contributed by atoms with van der Waals surface area (Å²) in [7, 11) is 0. The summed E-state index contributed by atoms with van der Waals surface area (Å²) in [6, 6.07) is 0. The Hall–Kier alpha value is -1.36. The molecule has 0 spiro atoms. The number of hydrogen-bond donors (Lipinski definition) is 1. The zero-order chi connectivity index (χ0) is 14.8. The highest BCUT2D eigenvalue weighted by atomic mass is 32.1. The minimum absolute atomic E-state index is 0.222. The maximum Gasteiger partial charge on any atom is 0.339 e. The van der Waals surface area contributed by atoms with Crippen LogP contribution in [0.4, 0.5) is 0 Å². The Labute approximate surface area is 123 Å². The van der Waals surface area contributed by atoms with Gasteiger partial charge in [-0.2, -0.15) is 0 Å². The van der Waals surface area contributed by atoms with Gasteiger partial charge in [0.05, 0.1) is 5.56 Å². The molecule has 4 nitrogen and oxygen atoms in total. The largest absolute Gasteiger partial charge is 0.452 e. The van der Waals surface area contributed by atoms with Crippen LogP contribution in [-0.2, 0) is 22.4 Å². The average molecular weight is 295 g/mol. The molecule has 0 bridgehead atoms. The molecule has 110 valence electrons. The van der Waals surface area contributed by atoms with Crippen molar-refractivity contribution in [1.29, 1.82) is 0 Å². The standard InChI is InChI=1S/C15H21NO3S/c1-15(2,3)16-13(17)8-19-14(18)11-9-20-12-7-5-4-6-10(11)12/h9H,4-8H2,1-3H3,(H,16,17). The molecule has 0 aromatic carbocycles. The number of rotatable bonds is 3. The maximum absolute atomic E-state index is 12.1. The van der Waals surface area contributed by atoms with E-state index in [9.17, 15) is 9.59 Å². The number of hydrogen-bond acceptors (Lipinski definition) is 4. The second-order valence-corrected chi connectivity index (χ2v) is 7.10. The van der Waals surface area contributed by atoms with E-state index in [1.807, 2.05) is 26.2 Å². The minimum atomic E-state index is -0.381. The zero-order valence-electron chi connectivity index (χ0n) is 12.2. The molecule has 0 atom stereocenters. The average Bonchev–Trinajstić information content (AvgIpc) is 2.78. The molecule has 2 rings (SSSR count). The first kappa shape index (κ1) is 15.0. The summed E-state index contributed by atoms with van der Waals surface area (Å²) in [5.74, 6) is -0.650. The fourth-order valence-electron chi connectivity index (χ4n) is 2.33. The van der Waals surface area contributed by atoms with Crippen molar-refractivity contribution in [3.05, 3.63) is 21.4 Å². The van der Waals surface area contributed by atoms with Gasteiger partial charge in [0.1, 0.15) is 0 Å². The SMILES string of the molecule is CC(C)(C)NC(=O)COC(=O)c1csc2c1CCCC2. The second kappa shape index (κ2) is 5.95. The summed E-state index contributed by atoms with van der Waals surface area (Å²) >= 11 is 1.62. The van der Waals surface area contributed by atoms with Crippen molar-refractivity contribution < 1.29 is 14.3 Å². The summed E-state index contributed by atoms with van der Waals surface area (Å²) in [5.41, 5.74) is 1.46. The quantitative estimate of drug-likeness (QED) is 0.872. The highest BCUT2D eigenvalue weighted by Crippen LogP contribution is 2.30. The minimum Gasteiger partial charge on any atom is -0.452 e. The van der Waals surface area contributed by atoms with E-state index in [2.05, 4.69) is 5.32 Å². The summed E-state index contributed by atoms with van der Waals surface area (Å²) in [6.45, 7) is 5.45. The van der Waals surface area contributed by atoms with Crippen LogP contribution in [-0.4, -0.2) is 24.0 Å². The predicted octanol–water partition coefficient (Wildman–Crippen LogP) is 2.70. The highest BCUT2D eigenvalue weighted by molar-refractivity contribution is 7.10. The van der Waals surface area contributed by atoms with E-state index >= 15 is 0 Å². The van der Waals surface area contributed by atoms with E-state index in [0.29, 0.717) is 5.56 Å². The van der Waals surface area contributed by atoms with Gasteiger partial charge in [0, 0.05) is 15.8 Å². The number of ether oxygens (including phenoxy) is 1. The molecule has 20 heavy (non-hydrogen) atoms. The fourth-order valence-corrected chi connectivity index (χ4v) is 3.44. The number of nitrogens with one attached hydrogen (secondary N) is 1. The van der Waals surface area contributed by atoms with Crippen molar-refractivity contribution in [2.75, 3.05) is 6.61 Å². The van der Waals surface area contributed by atoms with Crippen LogP contribution in [0.2, 0.25) is 0 Å². The normalized spacial score (nSPS) is 14.6. The van der Waals surface area contributed by atoms with Gasteiger partial charge in [-0.05, 0) is 52.0 Å². The Morgan fingerprint density at radius 1 is 1.30 bits per heavy atom. The number of carbonyl (C=O) groups excluding carboxylic acids is 2. The van der Waals surface area contributed by atoms with Gasteiger partial charge in [-0.3, -0.25) is 4.79 Å². The number of amides is 1. The van der Waals surface area contributed by atoms with E-state index in [4.69, 9.17) is 4.74 Å². The lowest BCUT2D eigenvalue weighted by Gasteiger charge is -2.20. The van der Waals surface area contributed by atoms with Crippen LogP contribution in [0.25, 0.3) is 0 Å². The predicted molar refractivity (Wildman–Crippen MR) is 79.1 cm³/mol. The Kier molecular flexibility index (Phi) is 4.48. The maximum atomic E-state index is 12.1. The number of carbonyl (C=O) groups is 2. The fraction of sp³-hybridized carbons (Fsp3) is 0.600. The lowest BCUT2D eigenvalue weighted by atomic mass is 9.96. The third-order valence-corrected chi connectivity index (χ3v) is 4.22. The van der Waals surface area contributed by atoms with Crippen LogP contribution >= 0.6 is 11.3 Å². The first-order chi connectivity index (χ1) is 9.37. The van der Waals surface area contributed by atoms with Gasteiger partial charge in [-0.1, -0.05) is 0 Å². The van der Waals surface area contributed by atoms with E-state index in [1.54, 1.807) is 11.3 Å². The number of thiophene rings is 1. The van der Waals surface area contributed by atoms with Crippen molar-refractivity contribution >= 4 is 23.2 Å². The highest BCUT2D eigenvalue weighted by Gasteiger charge is 2.22. The van der Waals surface area contributed by atoms with E-state index < -0.39 is 0 Å². The van der Waals surface area contributed by atoms with Crippen molar-refractivity contribution in [2.45, 2.75) is 52.0 Å². The third kappa shape index (κ3) is 3.82. The monoisotopic (exact) mass is 295 g/mol. The lowest BCUT2D eigenvalue weighted by Crippen LogP contribution is -2.42. The van der Waals surface area contributed by atoms with Gasteiger partial charge >= 0.3 is 5.97 Å². The molecule has 1 heterocycles. The molecular formula is C15H21NO3S. The van der Waals surface area contributed by atoms with Crippen LogP contribution in [0.1, 0.15) is 54.4 Å². The number of aryl methyl sites for hydroxylation is 1. The van der Waals surface area contributed by atoms with Gasteiger partial charge in [-0.15, -0.1) is 11.3 Å². The summed E-state index contributed by atoms with van der Waals surface area (Å²) < 4.78 is 5.12. The van der Waals surface area contributed by atoms with Gasteiger partial charge in [0.2, 0.25) is 0 Å². The molecule has 1 aromatic rings. The molecule has 0 saturated heterocycles. The molecule has 1 aliphatic carbocycles. The molecule has 5 heteroatoms.